The number of hydrogen-bond donors (Lipinski definition) is 1. The van der Waals surface area contributed by atoms with E-state index < -0.39 is 0 Å². The number of ether oxygens (including phenoxy) is 1. The molecular weight excluding hydrogens is 224 g/mol. The molecule has 0 heterocycles. The van der Waals surface area contributed by atoms with Crippen molar-refractivity contribution in [3.8, 4) is 5.75 Å². The molecule has 0 radical (unpaired) electrons. The van der Waals surface area contributed by atoms with Crippen LogP contribution in [0, 0.1) is 11.8 Å². The first-order valence-corrected chi connectivity index (χ1v) is 7.17. The molecule has 2 saturated carbocycles. The second kappa shape index (κ2) is 4.93. The van der Waals surface area contributed by atoms with Crippen LogP contribution < -0.4 is 4.74 Å². The monoisotopic (exact) mass is 246 g/mol. The molecule has 98 valence electrons. The summed E-state index contributed by atoms with van der Waals surface area (Å²) in [5.74, 6) is 2.10. The number of hydrogen-bond acceptors (Lipinski definition) is 2. The van der Waals surface area contributed by atoms with Crippen LogP contribution in [0.25, 0.3) is 0 Å². The highest BCUT2D eigenvalue weighted by molar-refractivity contribution is 5.30. The van der Waals surface area contributed by atoms with Crippen molar-refractivity contribution >= 4 is 0 Å². The maximum atomic E-state index is 10.5. The summed E-state index contributed by atoms with van der Waals surface area (Å²) in [6, 6.07) is 8.03. The van der Waals surface area contributed by atoms with E-state index in [1.807, 2.05) is 24.3 Å². The zero-order chi connectivity index (χ0) is 12.5. The van der Waals surface area contributed by atoms with Crippen molar-refractivity contribution in [3.05, 3.63) is 29.8 Å². The maximum Gasteiger partial charge on any atom is 0.120 e. The molecule has 3 unspecified atom stereocenters. The second-order valence-corrected chi connectivity index (χ2v) is 6.01. The summed E-state index contributed by atoms with van der Waals surface area (Å²) in [5.41, 5.74) is 1.02. The third-order valence-corrected chi connectivity index (χ3v) is 4.21. The Balaban J connectivity index is 1.70. The Bertz CT molecular complexity index is 411. The molecule has 2 nitrogen and oxygen atoms in total. The molecule has 0 spiro atoms. The average Bonchev–Trinajstić information content (AvgIpc) is 3.08. The Hall–Kier alpha value is -1.02. The average molecular weight is 246 g/mol. The van der Waals surface area contributed by atoms with Gasteiger partial charge in [0.1, 0.15) is 5.75 Å². The van der Waals surface area contributed by atoms with Gasteiger partial charge in [-0.3, -0.25) is 0 Å². The van der Waals surface area contributed by atoms with Gasteiger partial charge in [0.05, 0.1) is 12.2 Å². The fraction of sp³-hybridized carbons (Fsp3) is 0.625. The van der Waals surface area contributed by atoms with Gasteiger partial charge in [-0.2, -0.15) is 0 Å². The van der Waals surface area contributed by atoms with Gasteiger partial charge in [-0.15, -0.1) is 0 Å². The molecule has 18 heavy (non-hydrogen) atoms. The molecule has 2 aliphatic rings. The van der Waals surface area contributed by atoms with Crippen LogP contribution >= 0.6 is 0 Å². The maximum absolute atomic E-state index is 10.5. The van der Waals surface area contributed by atoms with E-state index in [-0.39, 0.29) is 6.10 Å². The Kier molecular flexibility index (Phi) is 3.29. The molecule has 2 heteroatoms. The molecule has 0 aliphatic heterocycles. The summed E-state index contributed by atoms with van der Waals surface area (Å²) in [7, 11) is 0. The third-order valence-electron chi connectivity index (χ3n) is 4.21. The molecule has 2 fully saturated rings. The minimum atomic E-state index is -0.322. The van der Waals surface area contributed by atoms with Crippen molar-refractivity contribution in [2.75, 3.05) is 0 Å². The van der Waals surface area contributed by atoms with E-state index in [2.05, 4.69) is 6.92 Å². The van der Waals surface area contributed by atoms with E-state index in [4.69, 9.17) is 4.74 Å². The van der Waals surface area contributed by atoms with Gasteiger partial charge in [0.25, 0.3) is 0 Å². The standard InChI is InChI=1S/C16H22O2/c1-11-5-6-13(9-11)16(17)12-3-2-4-15(10-12)18-14-7-8-14/h2-4,10-11,13-14,16-17H,5-9H2,1H3. The highest BCUT2D eigenvalue weighted by Gasteiger charge is 2.29. The van der Waals surface area contributed by atoms with Gasteiger partial charge in [0.2, 0.25) is 0 Å². The quantitative estimate of drug-likeness (QED) is 0.877. The van der Waals surface area contributed by atoms with Gasteiger partial charge in [-0.25, -0.2) is 0 Å². The number of rotatable bonds is 4. The summed E-state index contributed by atoms with van der Waals surface area (Å²) in [5, 5.41) is 10.5. The predicted molar refractivity (Wildman–Crippen MR) is 71.6 cm³/mol. The minimum Gasteiger partial charge on any atom is -0.490 e. The lowest BCUT2D eigenvalue weighted by atomic mass is 9.93. The van der Waals surface area contributed by atoms with Crippen LogP contribution in [0.2, 0.25) is 0 Å². The zero-order valence-corrected chi connectivity index (χ0v) is 11.0. The molecule has 1 aromatic rings. The van der Waals surface area contributed by atoms with Crippen molar-refractivity contribution in [3.63, 3.8) is 0 Å². The first-order valence-electron chi connectivity index (χ1n) is 7.17. The molecule has 0 amide bonds. The summed E-state index contributed by atoms with van der Waals surface area (Å²) in [6.07, 6.45) is 5.99. The van der Waals surface area contributed by atoms with Crippen molar-refractivity contribution < 1.29 is 9.84 Å². The van der Waals surface area contributed by atoms with Gasteiger partial charge in [-0.1, -0.05) is 25.5 Å². The van der Waals surface area contributed by atoms with E-state index in [1.54, 1.807) is 0 Å². The van der Waals surface area contributed by atoms with Gasteiger partial charge in [-0.05, 0) is 55.2 Å². The lowest BCUT2D eigenvalue weighted by Crippen LogP contribution is -2.09. The highest BCUT2D eigenvalue weighted by Crippen LogP contribution is 2.39. The molecule has 3 atom stereocenters. The molecule has 0 saturated heterocycles. The van der Waals surface area contributed by atoms with E-state index in [9.17, 15) is 5.11 Å². The Morgan fingerprint density at radius 3 is 2.72 bits per heavy atom. The largest absolute Gasteiger partial charge is 0.490 e. The van der Waals surface area contributed by atoms with E-state index in [1.165, 1.54) is 19.3 Å². The van der Waals surface area contributed by atoms with Crippen LogP contribution in [-0.2, 0) is 0 Å². The SMILES string of the molecule is CC1CCC(C(O)c2cccc(OC3CC3)c2)C1. The number of aliphatic hydroxyl groups excluding tert-OH is 1. The van der Waals surface area contributed by atoms with Crippen molar-refractivity contribution in [1.29, 1.82) is 0 Å². The molecule has 0 bridgehead atoms. The van der Waals surface area contributed by atoms with E-state index >= 15 is 0 Å². The Morgan fingerprint density at radius 1 is 1.22 bits per heavy atom. The topological polar surface area (TPSA) is 29.5 Å². The third kappa shape index (κ3) is 2.69. The van der Waals surface area contributed by atoms with Crippen molar-refractivity contribution in [1.82, 2.24) is 0 Å². The second-order valence-electron chi connectivity index (χ2n) is 6.01. The molecule has 1 N–H and O–H groups in total. The van der Waals surface area contributed by atoms with Crippen molar-refractivity contribution in [2.45, 2.75) is 51.2 Å². The van der Waals surface area contributed by atoms with Crippen LogP contribution in [0.3, 0.4) is 0 Å². The molecule has 2 aliphatic carbocycles. The van der Waals surface area contributed by atoms with Gasteiger partial charge < -0.3 is 9.84 Å². The van der Waals surface area contributed by atoms with Crippen molar-refractivity contribution in [2.24, 2.45) is 11.8 Å². The molecule has 0 aromatic heterocycles. The summed E-state index contributed by atoms with van der Waals surface area (Å²) in [4.78, 5) is 0. The first-order chi connectivity index (χ1) is 8.72. The number of aliphatic hydroxyl groups is 1. The van der Waals surface area contributed by atoms with E-state index in [0.717, 1.165) is 30.1 Å². The smallest absolute Gasteiger partial charge is 0.120 e. The predicted octanol–water partition coefficient (Wildman–Crippen LogP) is 3.70. The fourth-order valence-corrected chi connectivity index (χ4v) is 2.96. The summed E-state index contributed by atoms with van der Waals surface area (Å²) >= 11 is 0. The van der Waals surface area contributed by atoms with Gasteiger partial charge in [0, 0.05) is 0 Å². The van der Waals surface area contributed by atoms with E-state index in [0.29, 0.717) is 12.0 Å². The van der Waals surface area contributed by atoms with Crippen LogP contribution in [0.15, 0.2) is 24.3 Å². The van der Waals surface area contributed by atoms with Crippen LogP contribution in [0.1, 0.15) is 50.7 Å². The van der Waals surface area contributed by atoms with Gasteiger partial charge >= 0.3 is 0 Å². The fourth-order valence-electron chi connectivity index (χ4n) is 2.96. The molecule has 3 rings (SSSR count). The normalized spacial score (nSPS) is 29.2. The summed E-state index contributed by atoms with van der Waals surface area (Å²) in [6.45, 7) is 2.28. The van der Waals surface area contributed by atoms with Crippen LogP contribution in [0.5, 0.6) is 5.75 Å². The number of benzene rings is 1. The first kappa shape index (κ1) is 12.0. The Morgan fingerprint density at radius 2 is 2.06 bits per heavy atom. The van der Waals surface area contributed by atoms with Crippen LogP contribution in [-0.4, -0.2) is 11.2 Å². The minimum absolute atomic E-state index is 0.322. The lowest BCUT2D eigenvalue weighted by Gasteiger charge is -2.19. The zero-order valence-electron chi connectivity index (χ0n) is 11.0. The highest BCUT2D eigenvalue weighted by atomic mass is 16.5. The molecule has 1 aromatic carbocycles. The van der Waals surface area contributed by atoms with Gasteiger partial charge in [0.15, 0.2) is 0 Å². The summed E-state index contributed by atoms with van der Waals surface area (Å²) < 4.78 is 5.79. The Labute approximate surface area is 109 Å². The van der Waals surface area contributed by atoms with Crippen LogP contribution in [0.4, 0.5) is 0 Å². The molecular formula is C16H22O2. The lowest BCUT2D eigenvalue weighted by molar-refractivity contribution is 0.109.